The molecule has 1 aromatic heterocycles. The van der Waals surface area contributed by atoms with E-state index in [1.54, 1.807) is 7.11 Å². The van der Waals surface area contributed by atoms with E-state index in [1.165, 1.54) is 18.2 Å². The summed E-state index contributed by atoms with van der Waals surface area (Å²) in [5.41, 5.74) is 0.785. The second kappa shape index (κ2) is 6.78. The van der Waals surface area contributed by atoms with Gasteiger partial charge in [-0.1, -0.05) is 0 Å². The molecule has 118 valence electrons. The lowest BCUT2D eigenvalue weighted by molar-refractivity contribution is 0.262. The topological polar surface area (TPSA) is 57.4 Å². The third kappa shape index (κ3) is 3.68. The van der Waals surface area contributed by atoms with E-state index in [0.29, 0.717) is 22.0 Å². The zero-order chi connectivity index (χ0) is 16.2. The number of hydrogen-bond acceptors (Lipinski definition) is 5. The van der Waals surface area contributed by atoms with Crippen molar-refractivity contribution in [1.29, 1.82) is 0 Å². The van der Waals surface area contributed by atoms with Crippen molar-refractivity contribution >= 4 is 15.9 Å². The van der Waals surface area contributed by atoms with Gasteiger partial charge in [-0.15, -0.1) is 10.2 Å². The van der Waals surface area contributed by atoms with Crippen LogP contribution in [0.25, 0.3) is 11.5 Å². The Balaban J connectivity index is 1.69. The molecule has 23 heavy (non-hydrogen) atoms. The summed E-state index contributed by atoms with van der Waals surface area (Å²) >= 11 is 3.23. The van der Waals surface area contributed by atoms with Gasteiger partial charge in [0.25, 0.3) is 5.89 Å². The number of nitrogens with zero attached hydrogens (tertiary/aromatic N) is 2. The summed E-state index contributed by atoms with van der Waals surface area (Å²) in [4.78, 5) is 0. The van der Waals surface area contributed by atoms with Crippen LogP contribution in [0, 0.1) is 5.82 Å². The van der Waals surface area contributed by atoms with Crippen LogP contribution in [-0.4, -0.2) is 17.3 Å². The van der Waals surface area contributed by atoms with E-state index in [2.05, 4.69) is 26.1 Å². The number of methoxy groups -OCH3 is 1. The second-order valence-corrected chi connectivity index (χ2v) is 5.45. The molecule has 3 aromatic rings. The molecule has 0 unspecified atom stereocenters. The maximum atomic E-state index is 13.0. The Kier molecular flexibility index (Phi) is 4.57. The van der Waals surface area contributed by atoms with Crippen molar-refractivity contribution in [3.63, 3.8) is 0 Å². The number of ether oxygens (including phenoxy) is 2. The molecule has 0 bridgehead atoms. The smallest absolute Gasteiger partial charge is 0.254 e. The first kappa shape index (κ1) is 15.5. The third-order valence-electron chi connectivity index (χ3n) is 3.05. The van der Waals surface area contributed by atoms with Crippen LogP contribution in [-0.2, 0) is 6.61 Å². The van der Waals surface area contributed by atoms with Crippen LogP contribution in [0.2, 0.25) is 0 Å². The molecule has 0 saturated heterocycles. The molecule has 0 fully saturated rings. The maximum Gasteiger partial charge on any atom is 0.254 e. The van der Waals surface area contributed by atoms with Crippen LogP contribution in [0.15, 0.2) is 51.4 Å². The Hall–Kier alpha value is -2.41. The first-order valence-corrected chi connectivity index (χ1v) is 7.49. The lowest BCUT2D eigenvalue weighted by Crippen LogP contribution is -1.96. The summed E-state index contributed by atoms with van der Waals surface area (Å²) < 4.78 is 29.7. The van der Waals surface area contributed by atoms with Gasteiger partial charge in [0.05, 0.1) is 11.6 Å². The summed E-state index contributed by atoms with van der Waals surface area (Å²) in [6.45, 7) is 0.0907. The Morgan fingerprint density at radius 1 is 1.13 bits per heavy atom. The van der Waals surface area contributed by atoms with Gasteiger partial charge < -0.3 is 13.9 Å². The van der Waals surface area contributed by atoms with E-state index in [4.69, 9.17) is 13.9 Å². The lowest BCUT2D eigenvalue weighted by Gasteiger charge is -2.05. The second-order valence-electron chi connectivity index (χ2n) is 4.59. The molecule has 7 heteroatoms. The zero-order valence-corrected chi connectivity index (χ0v) is 13.7. The summed E-state index contributed by atoms with van der Waals surface area (Å²) in [6.07, 6.45) is 0. The highest BCUT2D eigenvalue weighted by atomic mass is 79.9. The van der Waals surface area contributed by atoms with E-state index in [9.17, 15) is 4.39 Å². The van der Waals surface area contributed by atoms with Crippen molar-refractivity contribution in [2.45, 2.75) is 6.61 Å². The number of rotatable bonds is 5. The summed E-state index contributed by atoms with van der Waals surface area (Å²) in [5, 5.41) is 7.92. The third-order valence-corrected chi connectivity index (χ3v) is 3.67. The fourth-order valence-corrected chi connectivity index (χ4v) is 2.36. The van der Waals surface area contributed by atoms with Crippen molar-refractivity contribution in [1.82, 2.24) is 10.2 Å². The van der Waals surface area contributed by atoms with Gasteiger partial charge in [0.15, 0.2) is 6.61 Å². The van der Waals surface area contributed by atoms with Crippen molar-refractivity contribution in [3.05, 3.63) is 58.6 Å². The molecule has 0 N–H and O–H groups in total. The van der Waals surface area contributed by atoms with E-state index in [1.807, 2.05) is 24.3 Å². The van der Waals surface area contributed by atoms with Crippen LogP contribution in [0.5, 0.6) is 11.5 Å². The molecule has 5 nitrogen and oxygen atoms in total. The Labute approximate surface area is 140 Å². The van der Waals surface area contributed by atoms with E-state index in [-0.39, 0.29) is 12.4 Å². The zero-order valence-electron chi connectivity index (χ0n) is 12.1. The maximum absolute atomic E-state index is 13.0. The molecule has 3 rings (SSSR count). The van der Waals surface area contributed by atoms with Crippen molar-refractivity contribution in [3.8, 4) is 23.0 Å². The van der Waals surface area contributed by atoms with Gasteiger partial charge in [-0.2, -0.15) is 0 Å². The molecule has 1 heterocycles. The van der Waals surface area contributed by atoms with Gasteiger partial charge in [-0.3, -0.25) is 0 Å². The minimum Gasteiger partial charge on any atom is -0.497 e. The lowest BCUT2D eigenvalue weighted by atomic mass is 10.2. The first-order chi connectivity index (χ1) is 11.2. The largest absolute Gasteiger partial charge is 0.497 e. The fourth-order valence-electron chi connectivity index (χ4n) is 1.89. The Morgan fingerprint density at radius 2 is 1.91 bits per heavy atom. The Morgan fingerprint density at radius 3 is 2.61 bits per heavy atom. The monoisotopic (exact) mass is 378 g/mol. The predicted octanol–water partition coefficient (Wildman–Crippen LogP) is 4.23. The van der Waals surface area contributed by atoms with Crippen LogP contribution >= 0.6 is 15.9 Å². The van der Waals surface area contributed by atoms with E-state index < -0.39 is 0 Å². The summed E-state index contributed by atoms with van der Waals surface area (Å²) in [6, 6.07) is 11.4. The van der Waals surface area contributed by atoms with Gasteiger partial charge in [0.2, 0.25) is 5.89 Å². The average molecular weight is 379 g/mol. The minimum absolute atomic E-state index is 0.0907. The average Bonchev–Trinajstić information content (AvgIpc) is 3.03. The molecule has 0 atom stereocenters. The van der Waals surface area contributed by atoms with Crippen LogP contribution in [0.3, 0.4) is 0 Å². The van der Waals surface area contributed by atoms with Crippen LogP contribution < -0.4 is 9.47 Å². The molecule has 0 amide bonds. The van der Waals surface area contributed by atoms with Crippen molar-refractivity contribution in [2.75, 3.05) is 7.11 Å². The SMILES string of the molecule is COc1ccc(-c2nnc(COc3ccc(F)cc3Br)o2)cc1. The number of hydrogen-bond donors (Lipinski definition) is 0. The van der Waals surface area contributed by atoms with Gasteiger partial charge in [0, 0.05) is 5.56 Å². The molecule has 0 aliphatic heterocycles. The fraction of sp³-hybridized carbons (Fsp3) is 0.125. The minimum atomic E-state index is -0.344. The van der Waals surface area contributed by atoms with E-state index in [0.717, 1.165) is 11.3 Å². The molecule has 0 saturated carbocycles. The molecule has 0 aliphatic rings. The number of aromatic nitrogens is 2. The predicted molar refractivity (Wildman–Crippen MR) is 84.7 cm³/mol. The molecule has 2 aromatic carbocycles. The highest BCUT2D eigenvalue weighted by Crippen LogP contribution is 2.27. The molecule has 0 spiro atoms. The molecular formula is C16H12BrFN2O3. The molecule has 0 aliphatic carbocycles. The van der Waals surface area contributed by atoms with Gasteiger partial charge in [-0.05, 0) is 58.4 Å². The molecular weight excluding hydrogens is 367 g/mol. The van der Waals surface area contributed by atoms with Crippen molar-refractivity contribution in [2.24, 2.45) is 0 Å². The van der Waals surface area contributed by atoms with E-state index >= 15 is 0 Å². The normalized spacial score (nSPS) is 10.6. The Bertz CT molecular complexity index is 805. The van der Waals surface area contributed by atoms with Gasteiger partial charge in [-0.25, -0.2) is 4.39 Å². The molecule has 0 radical (unpaired) electrons. The van der Waals surface area contributed by atoms with Gasteiger partial charge >= 0.3 is 0 Å². The number of benzene rings is 2. The standard InChI is InChI=1S/C16H12BrFN2O3/c1-21-12-5-2-10(3-6-12)16-20-19-15(23-16)9-22-14-7-4-11(18)8-13(14)17/h2-8H,9H2,1H3. The summed E-state index contributed by atoms with van der Waals surface area (Å²) in [5.74, 6) is 1.62. The van der Waals surface area contributed by atoms with Gasteiger partial charge in [0.1, 0.15) is 17.3 Å². The van der Waals surface area contributed by atoms with Crippen molar-refractivity contribution < 1.29 is 18.3 Å². The summed E-state index contributed by atoms with van der Waals surface area (Å²) in [7, 11) is 1.60. The van der Waals surface area contributed by atoms with Crippen LogP contribution in [0.4, 0.5) is 4.39 Å². The highest BCUT2D eigenvalue weighted by Gasteiger charge is 2.10. The first-order valence-electron chi connectivity index (χ1n) is 6.70. The highest BCUT2D eigenvalue weighted by molar-refractivity contribution is 9.10. The van der Waals surface area contributed by atoms with Crippen LogP contribution in [0.1, 0.15) is 5.89 Å². The quantitative estimate of drug-likeness (QED) is 0.664. The number of halogens is 2.